The third-order valence-electron chi connectivity index (χ3n) is 3.08. The van der Waals surface area contributed by atoms with Crippen LogP contribution in [-0.2, 0) is 11.3 Å². The lowest BCUT2D eigenvalue weighted by Crippen LogP contribution is -2.44. The fraction of sp³-hybridized carbons (Fsp3) is 0.833. The first kappa shape index (κ1) is 14.4. The van der Waals surface area contributed by atoms with Gasteiger partial charge in [0, 0.05) is 33.1 Å². The first-order valence-corrected chi connectivity index (χ1v) is 6.59. The van der Waals surface area contributed by atoms with Crippen molar-refractivity contribution in [2.45, 2.75) is 19.6 Å². The summed E-state index contributed by atoms with van der Waals surface area (Å²) in [7, 11) is 1.94. The highest BCUT2D eigenvalue weighted by Crippen LogP contribution is 2.03. The highest BCUT2D eigenvalue weighted by atomic mass is 16.5. The second-order valence-electron chi connectivity index (χ2n) is 4.99. The lowest BCUT2D eigenvalue weighted by Gasteiger charge is -2.29. The van der Waals surface area contributed by atoms with E-state index in [1.54, 1.807) is 6.92 Å². The van der Waals surface area contributed by atoms with Gasteiger partial charge in [-0.2, -0.15) is 4.98 Å². The average Bonchev–Trinajstić information content (AvgIpc) is 2.75. The van der Waals surface area contributed by atoms with Gasteiger partial charge in [0.25, 0.3) is 0 Å². The van der Waals surface area contributed by atoms with Gasteiger partial charge >= 0.3 is 0 Å². The topological polar surface area (TPSA) is 74.9 Å². The summed E-state index contributed by atoms with van der Waals surface area (Å²) in [6.45, 7) is 6.91. The molecule has 1 atom stereocenters. The van der Waals surface area contributed by atoms with Crippen LogP contribution in [-0.4, -0.2) is 77.6 Å². The summed E-state index contributed by atoms with van der Waals surface area (Å²) in [5.41, 5.74) is 0. The number of aromatic nitrogens is 2. The average molecular weight is 270 g/mol. The lowest BCUT2D eigenvalue weighted by atomic mass is 10.3. The van der Waals surface area contributed by atoms with E-state index in [-0.39, 0.29) is 6.10 Å². The largest absolute Gasteiger partial charge is 0.390 e. The Kier molecular flexibility index (Phi) is 5.26. The Bertz CT molecular complexity index is 379. The van der Waals surface area contributed by atoms with Crippen LogP contribution in [0.2, 0.25) is 0 Å². The van der Waals surface area contributed by atoms with Gasteiger partial charge < -0.3 is 14.4 Å². The van der Waals surface area contributed by atoms with Crippen molar-refractivity contribution in [3.05, 3.63) is 11.7 Å². The van der Waals surface area contributed by atoms with Gasteiger partial charge in [-0.1, -0.05) is 5.16 Å². The molecule has 0 amide bonds. The summed E-state index contributed by atoms with van der Waals surface area (Å²) in [6.07, 6.45) is -0.379. The summed E-state index contributed by atoms with van der Waals surface area (Å²) in [6, 6.07) is 0. The zero-order valence-corrected chi connectivity index (χ0v) is 11.6. The minimum atomic E-state index is -0.379. The van der Waals surface area contributed by atoms with Gasteiger partial charge in [0.15, 0.2) is 5.82 Å². The smallest absolute Gasteiger partial charge is 0.223 e. The number of ether oxygens (including phenoxy) is 1. The van der Waals surface area contributed by atoms with Crippen molar-refractivity contribution in [2.75, 3.05) is 46.4 Å². The van der Waals surface area contributed by atoms with Crippen molar-refractivity contribution >= 4 is 0 Å². The zero-order chi connectivity index (χ0) is 13.7. The van der Waals surface area contributed by atoms with Crippen molar-refractivity contribution in [3.8, 4) is 0 Å². The minimum Gasteiger partial charge on any atom is -0.390 e. The van der Waals surface area contributed by atoms with Gasteiger partial charge in [-0.3, -0.25) is 9.80 Å². The Morgan fingerprint density at radius 3 is 2.79 bits per heavy atom. The van der Waals surface area contributed by atoms with Crippen LogP contribution in [0.3, 0.4) is 0 Å². The van der Waals surface area contributed by atoms with Crippen molar-refractivity contribution in [2.24, 2.45) is 0 Å². The Hall–Kier alpha value is -1.02. The molecule has 1 aliphatic rings. The number of hydrogen-bond donors (Lipinski definition) is 1. The number of aliphatic hydroxyl groups excluding tert-OH is 1. The Balaban J connectivity index is 1.70. The van der Waals surface area contributed by atoms with Crippen molar-refractivity contribution in [3.63, 3.8) is 0 Å². The molecule has 1 saturated heterocycles. The maximum atomic E-state index is 10.1. The molecule has 1 aliphatic heterocycles. The van der Waals surface area contributed by atoms with Crippen LogP contribution in [0.1, 0.15) is 11.7 Å². The van der Waals surface area contributed by atoms with E-state index >= 15 is 0 Å². The summed E-state index contributed by atoms with van der Waals surface area (Å²) in [5, 5.41) is 13.9. The van der Waals surface area contributed by atoms with E-state index in [9.17, 15) is 5.11 Å². The van der Waals surface area contributed by atoms with Crippen LogP contribution in [0.4, 0.5) is 0 Å². The number of rotatable bonds is 6. The second kappa shape index (κ2) is 6.95. The van der Waals surface area contributed by atoms with Crippen LogP contribution in [0, 0.1) is 6.92 Å². The van der Waals surface area contributed by atoms with Crippen molar-refractivity contribution < 1.29 is 14.4 Å². The number of aryl methyl sites for hydroxylation is 1. The normalized spacial score (nSPS) is 18.9. The molecule has 0 saturated carbocycles. The first-order valence-electron chi connectivity index (χ1n) is 6.59. The molecule has 19 heavy (non-hydrogen) atoms. The highest BCUT2D eigenvalue weighted by molar-refractivity contribution is 4.83. The van der Waals surface area contributed by atoms with Gasteiger partial charge in [-0.05, 0) is 7.05 Å². The molecule has 108 valence electrons. The molecule has 1 fully saturated rings. The molecule has 0 bridgehead atoms. The highest BCUT2D eigenvalue weighted by Gasteiger charge is 2.17. The van der Waals surface area contributed by atoms with E-state index < -0.39 is 0 Å². The Labute approximate surface area is 113 Å². The maximum Gasteiger partial charge on any atom is 0.223 e. The second-order valence-corrected chi connectivity index (χ2v) is 4.99. The molecular weight excluding hydrogens is 248 g/mol. The molecule has 1 unspecified atom stereocenters. The molecule has 7 heteroatoms. The van der Waals surface area contributed by atoms with E-state index in [4.69, 9.17) is 9.26 Å². The number of hydrogen-bond acceptors (Lipinski definition) is 7. The monoisotopic (exact) mass is 270 g/mol. The molecular formula is C12H22N4O3. The van der Waals surface area contributed by atoms with Crippen LogP contribution < -0.4 is 0 Å². The van der Waals surface area contributed by atoms with Crippen molar-refractivity contribution in [1.82, 2.24) is 19.9 Å². The predicted octanol–water partition coefficient (Wildman–Crippen LogP) is -0.497. The number of nitrogens with zero attached hydrogens (tertiary/aromatic N) is 4. The quantitative estimate of drug-likeness (QED) is 0.747. The molecule has 0 aromatic carbocycles. The van der Waals surface area contributed by atoms with Crippen LogP contribution in [0.15, 0.2) is 4.52 Å². The molecule has 0 aliphatic carbocycles. The number of β-amino-alcohol motifs (C(OH)–C–C–N with tert-alkyl or cyclic N) is 1. The van der Waals surface area contributed by atoms with E-state index in [1.165, 1.54) is 0 Å². The van der Waals surface area contributed by atoms with Gasteiger partial charge in [-0.25, -0.2) is 0 Å². The van der Waals surface area contributed by atoms with Gasteiger partial charge in [0.1, 0.15) is 0 Å². The standard InChI is InChI=1S/C12H22N4O3/c1-10-13-12(14-19-10)9-15(2)7-11(17)8-16-3-5-18-6-4-16/h11,17H,3-9H2,1-2H3. The van der Waals surface area contributed by atoms with Gasteiger partial charge in [0.2, 0.25) is 5.89 Å². The molecule has 2 heterocycles. The molecule has 1 N–H and O–H groups in total. The summed E-state index contributed by atoms with van der Waals surface area (Å²) >= 11 is 0. The number of likely N-dealkylation sites (N-methyl/N-ethyl adjacent to an activating group) is 1. The zero-order valence-electron chi connectivity index (χ0n) is 11.6. The number of morpholine rings is 1. The third-order valence-corrected chi connectivity index (χ3v) is 3.08. The SMILES string of the molecule is Cc1nc(CN(C)CC(O)CN2CCOCC2)no1. The number of aliphatic hydroxyl groups is 1. The Morgan fingerprint density at radius 1 is 1.42 bits per heavy atom. The fourth-order valence-electron chi connectivity index (χ4n) is 2.21. The summed E-state index contributed by atoms with van der Waals surface area (Å²) < 4.78 is 10.2. The fourth-order valence-corrected chi connectivity index (χ4v) is 2.21. The van der Waals surface area contributed by atoms with E-state index in [1.807, 2.05) is 11.9 Å². The van der Waals surface area contributed by atoms with Crippen LogP contribution in [0.25, 0.3) is 0 Å². The molecule has 0 spiro atoms. The van der Waals surface area contributed by atoms with Crippen LogP contribution in [0.5, 0.6) is 0 Å². The lowest BCUT2D eigenvalue weighted by molar-refractivity contribution is 0.00808. The minimum absolute atomic E-state index is 0.379. The molecule has 2 rings (SSSR count). The maximum absolute atomic E-state index is 10.1. The molecule has 0 radical (unpaired) electrons. The van der Waals surface area contributed by atoms with Crippen LogP contribution >= 0.6 is 0 Å². The van der Waals surface area contributed by atoms with Gasteiger partial charge in [-0.15, -0.1) is 0 Å². The van der Waals surface area contributed by atoms with Crippen molar-refractivity contribution in [1.29, 1.82) is 0 Å². The predicted molar refractivity (Wildman–Crippen MR) is 68.6 cm³/mol. The van der Waals surface area contributed by atoms with Gasteiger partial charge in [0.05, 0.1) is 25.9 Å². The first-order chi connectivity index (χ1) is 9.13. The molecule has 1 aromatic heterocycles. The summed E-state index contributed by atoms with van der Waals surface area (Å²) in [5.74, 6) is 1.22. The van der Waals surface area contributed by atoms with E-state index in [0.717, 1.165) is 26.3 Å². The third kappa shape index (κ3) is 4.87. The van der Waals surface area contributed by atoms with E-state index in [0.29, 0.717) is 31.3 Å². The summed E-state index contributed by atoms with van der Waals surface area (Å²) in [4.78, 5) is 8.36. The van der Waals surface area contributed by atoms with E-state index in [2.05, 4.69) is 15.0 Å². The Morgan fingerprint density at radius 2 is 2.16 bits per heavy atom. The molecule has 7 nitrogen and oxygen atoms in total. The molecule has 1 aromatic rings.